The summed E-state index contributed by atoms with van der Waals surface area (Å²) in [7, 11) is -0.899. The van der Waals surface area contributed by atoms with Crippen molar-refractivity contribution in [2.45, 2.75) is 36.2 Å². The van der Waals surface area contributed by atoms with Gasteiger partial charge in [-0.15, -0.1) is 0 Å². The van der Waals surface area contributed by atoms with Gasteiger partial charge in [0.25, 0.3) is 5.91 Å². The van der Waals surface area contributed by atoms with Crippen LogP contribution in [-0.4, -0.2) is 86.1 Å². The molecule has 3 aromatic carbocycles. The largest absolute Gasteiger partial charge is 0.497 e. The summed E-state index contributed by atoms with van der Waals surface area (Å²) in [6.45, 7) is 2.62. The molecule has 2 fully saturated rings. The number of aromatic nitrogens is 2. The van der Waals surface area contributed by atoms with E-state index in [2.05, 4.69) is 17.4 Å². The van der Waals surface area contributed by atoms with Gasteiger partial charge in [-0.3, -0.25) is 4.79 Å². The van der Waals surface area contributed by atoms with Gasteiger partial charge in [0, 0.05) is 56.4 Å². The number of hydrogen-bond acceptors (Lipinski definition) is 7. The van der Waals surface area contributed by atoms with Crippen molar-refractivity contribution in [3.63, 3.8) is 0 Å². The molecule has 4 aromatic rings. The van der Waals surface area contributed by atoms with Gasteiger partial charge >= 0.3 is 0 Å². The third-order valence-corrected chi connectivity index (χ3v) is 10.6. The van der Waals surface area contributed by atoms with Gasteiger partial charge < -0.3 is 24.3 Å². The molecule has 0 spiro atoms. The van der Waals surface area contributed by atoms with Crippen molar-refractivity contribution in [2.24, 2.45) is 0 Å². The highest BCUT2D eigenvalue weighted by molar-refractivity contribution is 7.89. The Kier molecular flexibility index (Phi) is 9.20. The SMILES string of the molecule is COc1ccc(S(=O)(=O)N2CCCC(n3cnc(C(=O)N4CCNC[C@H]4Cc4ccccc4)c3-c3ccccc3)C2)c(OC)c1. The topological polar surface area (TPSA) is 106 Å². The van der Waals surface area contributed by atoms with Crippen LogP contribution in [0.2, 0.25) is 0 Å². The van der Waals surface area contributed by atoms with Crippen LogP contribution in [0.15, 0.2) is 90.1 Å². The van der Waals surface area contributed by atoms with E-state index in [-0.39, 0.29) is 35.2 Å². The predicted octanol–water partition coefficient (Wildman–Crippen LogP) is 4.25. The number of methoxy groups -OCH3 is 2. The molecule has 2 atom stereocenters. The number of benzene rings is 3. The number of carbonyl (C=O) groups excluding carboxylic acids is 1. The molecule has 10 nitrogen and oxygen atoms in total. The Balaban J connectivity index is 1.33. The molecule has 1 amide bonds. The van der Waals surface area contributed by atoms with Crippen LogP contribution in [0.1, 0.15) is 34.9 Å². The molecule has 45 heavy (non-hydrogen) atoms. The van der Waals surface area contributed by atoms with E-state index in [1.54, 1.807) is 18.5 Å². The standard InChI is InChI=1S/C34H39N5O5S/c1-43-29-15-16-31(30(21-29)44-2)45(41,42)37-18-9-14-27(23-37)39-24-36-32(33(39)26-12-7-4-8-13-26)34(40)38-19-17-35-22-28(38)20-25-10-5-3-6-11-25/h3-8,10-13,15-16,21,24,27-28,35H,9,14,17-20,22-23H2,1-2H3/t27?,28-/m1/s1. The number of hydrogen-bond donors (Lipinski definition) is 1. The van der Waals surface area contributed by atoms with Crippen LogP contribution in [0.4, 0.5) is 0 Å². The summed E-state index contributed by atoms with van der Waals surface area (Å²) in [4.78, 5) is 21.1. The molecule has 6 rings (SSSR count). The van der Waals surface area contributed by atoms with E-state index in [1.807, 2.05) is 58.0 Å². The lowest BCUT2D eigenvalue weighted by molar-refractivity contribution is 0.0631. The first-order valence-corrected chi connectivity index (χ1v) is 16.7. The highest BCUT2D eigenvalue weighted by atomic mass is 32.2. The number of piperazine rings is 1. The molecule has 2 aliphatic rings. The Labute approximate surface area is 264 Å². The molecule has 0 bridgehead atoms. The molecular weight excluding hydrogens is 590 g/mol. The number of piperidine rings is 1. The summed E-state index contributed by atoms with van der Waals surface area (Å²) < 4.78 is 42.1. The van der Waals surface area contributed by atoms with Gasteiger partial charge in [0.05, 0.1) is 26.2 Å². The number of carbonyl (C=O) groups is 1. The predicted molar refractivity (Wildman–Crippen MR) is 172 cm³/mol. The van der Waals surface area contributed by atoms with Gasteiger partial charge in [0.15, 0.2) is 5.69 Å². The molecule has 236 valence electrons. The number of sulfonamides is 1. The summed E-state index contributed by atoms with van der Waals surface area (Å²) in [5.41, 5.74) is 3.14. The second-order valence-electron chi connectivity index (χ2n) is 11.4. The van der Waals surface area contributed by atoms with E-state index in [9.17, 15) is 13.2 Å². The van der Waals surface area contributed by atoms with Gasteiger partial charge in [-0.25, -0.2) is 13.4 Å². The first-order valence-electron chi connectivity index (χ1n) is 15.3. The number of nitrogens with one attached hydrogen (secondary N) is 1. The van der Waals surface area contributed by atoms with E-state index in [0.717, 1.165) is 18.4 Å². The molecule has 1 aromatic heterocycles. The van der Waals surface area contributed by atoms with Crippen LogP contribution in [0.5, 0.6) is 11.5 Å². The van der Waals surface area contributed by atoms with Crippen LogP contribution in [0, 0.1) is 0 Å². The van der Waals surface area contributed by atoms with E-state index in [0.29, 0.717) is 49.7 Å². The number of amides is 1. The molecule has 3 heterocycles. The molecule has 0 aliphatic carbocycles. The summed E-state index contributed by atoms with van der Waals surface area (Å²) in [5.74, 6) is 0.636. The molecule has 1 N–H and O–H groups in total. The van der Waals surface area contributed by atoms with E-state index in [1.165, 1.54) is 30.2 Å². The van der Waals surface area contributed by atoms with Crippen molar-refractivity contribution < 1.29 is 22.7 Å². The van der Waals surface area contributed by atoms with Crippen molar-refractivity contribution in [3.8, 4) is 22.8 Å². The molecular formula is C34H39N5O5S. The highest BCUT2D eigenvalue weighted by Gasteiger charge is 2.36. The monoisotopic (exact) mass is 629 g/mol. The first-order chi connectivity index (χ1) is 21.9. The fourth-order valence-electron chi connectivity index (χ4n) is 6.40. The average Bonchev–Trinajstić information content (AvgIpc) is 3.54. The lowest BCUT2D eigenvalue weighted by Crippen LogP contribution is -2.54. The van der Waals surface area contributed by atoms with E-state index < -0.39 is 10.0 Å². The lowest BCUT2D eigenvalue weighted by Gasteiger charge is -2.36. The number of nitrogens with zero attached hydrogens (tertiary/aromatic N) is 4. The Morgan fingerprint density at radius 3 is 2.47 bits per heavy atom. The molecule has 11 heteroatoms. The van der Waals surface area contributed by atoms with Crippen molar-refractivity contribution in [2.75, 3.05) is 46.9 Å². The van der Waals surface area contributed by atoms with Crippen LogP contribution >= 0.6 is 0 Å². The van der Waals surface area contributed by atoms with Gasteiger partial charge in [-0.1, -0.05) is 60.7 Å². The third kappa shape index (κ3) is 6.33. The lowest BCUT2D eigenvalue weighted by atomic mass is 10.0. The maximum Gasteiger partial charge on any atom is 0.275 e. The summed E-state index contributed by atoms with van der Waals surface area (Å²) in [6, 6.07) is 24.5. The maximum absolute atomic E-state index is 14.3. The minimum absolute atomic E-state index is 0.0165. The van der Waals surface area contributed by atoms with Gasteiger partial charge in [0.2, 0.25) is 10.0 Å². The number of imidazole rings is 1. The van der Waals surface area contributed by atoms with Crippen LogP contribution in [0.25, 0.3) is 11.3 Å². The summed E-state index contributed by atoms with van der Waals surface area (Å²) in [6.07, 6.45) is 3.86. The smallest absolute Gasteiger partial charge is 0.275 e. The minimum atomic E-state index is -3.87. The minimum Gasteiger partial charge on any atom is -0.497 e. The van der Waals surface area contributed by atoms with Gasteiger partial charge in [-0.2, -0.15) is 4.31 Å². The first kappa shape index (κ1) is 30.8. The van der Waals surface area contributed by atoms with Crippen LogP contribution in [0.3, 0.4) is 0 Å². The molecule has 2 aliphatic heterocycles. The molecule has 2 saturated heterocycles. The second-order valence-corrected chi connectivity index (χ2v) is 13.3. The highest BCUT2D eigenvalue weighted by Crippen LogP contribution is 2.36. The Bertz CT molecular complexity index is 1730. The third-order valence-electron chi connectivity index (χ3n) is 8.71. The van der Waals surface area contributed by atoms with E-state index >= 15 is 0 Å². The number of ether oxygens (including phenoxy) is 2. The zero-order valence-corrected chi connectivity index (χ0v) is 26.4. The molecule has 1 unspecified atom stereocenters. The van der Waals surface area contributed by atoms with Crippen LogP contribution < -0.4 is 14.8 Å². The Hall–Kier alpha value is -4.19. The quantitative estimate of drug-likeness (QED) is 0.295. The Morgan fingerprint density at radius 1 is 0.978 bits per heavy atom. The van der Waals surface area contributed by atoms with Crippen LogP contribution in [-0.2, 0) is 16.4 Å². The zero-order valence-electron chi connectivity index (χ0n) is 25.6. The molecule has 0 radical (unpaired) electrons. The average molecular weight is 630 g/mol. The van der Waals surface area contributed by atoms with Gasteiger partial charge in [-0.05, 0) is 37.0 Å². The molecule has 0 saturated carbocycles. The van der Waals surface area contributed by atoms with E-state index in [4.69, 9.17) is 14.5 Å². The maximum atomic E-state index is 14.3. The van der Waals surface area contributed by atoms with Crippen molar-refractivity contribution in [3.05, 3.63) is 96.4 Å². The van der Waals surface area contributed by atoms with Crippen molar-refractivity contribution in [1.82, 2.24) is 24.1 Å². The fourth-order valence-corrected chi connectivity index (χ4v) is 8.05. The Morgan fingerprint density at radius 2 is 1.73 bits per heavy atom. The number of rotatable bonds is 9. The van der Waals surface area contributed by atoms with Crippen molar-refractivity contribution >= 4 is 15.9 Å². The second kappa shape index (κ2) is 13.4. The van der Waals surface area contributed by atoms with Gasteiger partial charge in [0.1, 0.15) is 16.4 Å². The summed E-state index contributed by atoms with van der Waals surface area (Å²) in [5, 5.41) is 3.44. The fraction of sp³-hybridized carbons (Fsp3) is 0.353. The zero-order chi connectivity index (χ0) is 31.4. The summed E-state index contributed by atoms with van der Waals surface area (Å²) >= 11 is 0. The van der Waals surface area contributed by atoms with Crippen molar-refractivity contribution in [1.29, 1.82) is 0 Å². The normalized spacial score (nSPS) is 19.3.